The predicted molar refractivity (Wildman–Crippen MR) is 42.9 cm³/mol. The van der Waals surface area contributed by atoms with E-state index in [1.165, 1.54) is 6.42 Å². The van der Waals surface area contributed by atoms with Crippen LogP contribution < -0.4 is 16.4 Å². The van der Waals surface area contributed by atoms with Crippen LogP contribution in [0.1, 0.15) is 12.8 Å². The number of nitrogens with two attached hydrogens (primary N) is 1. The van der Waals surface area contributed by atoms with Gasteiger partial charge in [0.15, 0.2) is 0 Å². The summed E-state index contributed by atoms with van der Waals surface area (Å²) in [5, 5.41) is 6.78. The highest BCUT2D eigenvalue weighted by atomic mass is 15.0. The molecule has 0 aromatic rings. The molecule has 0 unspecified atom stereocenters. The second kappa shape index (κ2) is 4.66. The summed E-state index contributed by atoms with van der Waals surface area (Å²) in [6, 6.07) is 0.664. The number of rotatable bonds is 3. The maximum Gasteiger partial charge on any atom is 0.0193 e. The largest absolute Gasteiger partial charge is 0.330 e. The summed E-state index contributed by atoms with van der Waals surface area (Å²) in [4.78, 5) is 0. The van der Waals surface area contributed by atoms with E-state index in [0.717, 1.165) is 32.6 Å². The van der Waals surface area contributed by atoms with Crippen LogP contribution in [0.4, 0.5) is 0 Å². The van der Waals surface area contributed by atoms with E-state index < -0.39 is 0 Å². The van der Waals surface area contributed by atoms with E-state index in [-0.39, 0.29) is 0 Å². The fraction of sp³-hybridized carbons (Fsp3) is 1.00. The zero-order valence-electron chi connectivity index (χ0n) is 6.40. The fourth-order valence-corrected chi connectivity index (χ4v) is 1.28. The Balaban J connectivity index is 2.02. The van der Waals surface area contributed by atoms with Gasteiger partial charge in [0.2, 0.25) is 0 Å². The summed E-state index contributed by atoms with van der Waals surface area (Å²) in [5.41, 5.74) is 5.40. The topological polar surface area (TPSA) is 50.1 Å². The summed E-state index contributed by atoms with van der Waals surface area (Å²) < 4.78 is 0. The SMILES string of the molecule is NCCC[C@H]1CNCCN1. The van der Waals surface area contributed by atoms with Crippen molar-refractivity contribution < 1.29 is 0 Å². The summed E-state index contributed by atoms with van der Waals surface area (Å²) in [7, 11) is 0. The van der Waals surface area contributed by atoms with Gasteiger partial charge in [-0.25, -0.2) is 0 Å². The van der Waals surface area contributed by atoms with Crippen molar-refractivity contribution in [2.24, 2.45) is 5.73 Å². The van der Waals surface area contributed by atoms with Crippen molar-refractivity contribution in [3.8, 4) is 0 Å². The minimum absolute atomic E-state index is 0.664. The maximum absolute atomic E-state index is 5.40. The van der Waals surface area contributed by atoms with E-state index in [0.29, 0.717) is 6.04 Å². The van der Waals surface area contributed by atoms with Crippen molar-refractivity contribution in [2.45, 2.75) is 18.9 Å². The van der Waals surface area contributed by atoms with Gasteiger partial charge in [-0.15, -0.1) is 0 Å². The summed E-state index contributed by atoms with van der Waals surface area (Å²) in [6.45, 7) is 4.15. The second-order valence-corrected chi connectivity index (χ2v) is 2.79. The zero-order valence-corrected chi connectivity index (χ0v) is 6.40. The Morgan fingerprint density at radius 1 is 1.40 bits per heavy atom. The Morgan fingerprint density at radius 3 is 2.90 bits per heavy atom. The molecule has 0 saturated carbocycles. The lowest BCUT2D eigenvalue weighted by Gasteiger charge is -2.24. The molecule has 0 aromatic heterocycles. The first kappa shape index (κ1) is 7.98. The molecule has 10 heavy (non-hydrogen) atoms. The molecular formula is C7H17N3. The molecule has 1 aliphatic rings. The van der Waals surface area contributed by atoms with E-state index in [9.17, 15) is 0 Å². The highest BCUT2D eigenvalue weighted by molar-refractivity contribution is 4.74. The number of nitrogens with one attached hydrogen (secondary N) is 2. The van der Waals surface area contributed by atoms with Crippen LogP contribution in [0.2, 0.25) is 0 Å². The quantitative estimate of drug-likeness (QED) is 0.489. The van der Waals surface area contributed by atoms with E-state index in [4.69, 9.17) is 5.73 Å². The van der Waals surface area contributed by atoms with Gasteiger partial charge in [0.05, 0.1) is 0 Å². The number of hydrogen-bond donors (Lipinski definition) is 3. The molecule has 0 amide bonds. The summed E-state index contributed by atoms with van der Waals surface area (Å²) in [5.74, 6) is 0. The first-order chi connectivity index (χ1) is 4.93. The minimum Gasteiger partial charge on any atom is -0.330 e. The molecule has 3 heteroatoms. The molecule has 0 spiro atoms. The highest BCUT2D eigenvalue weighted by Gasteiger charge is 2.09. The molecule has 1 heterocycles. The second-order valence-electron chi connectivity index (χ2n) is 2.79. The van der Waals surface area contributed by atoms with Crippen molar-refractivity contribution in [3.05, 3.63) is 0 Å². The normalized spacial score (nSPS) is 26.7. The maximum atomic E-state index is 5.40. The molecule has 1 fully saturated rings. The van der Waals surface area contributed by atoms with E-state index >= 15 is 0 Å². The molecule has 1 rings (SSSR count). The number of hydrogen-bond acceptors (Lipinski definition) is 3. The minimum atomic E-state index is 0.664. The van der Waals surface area contributed by atoms with E-state index in [1.807, 2.05) is 0 Å². The standard InChI is InChI=1S/C7H17N3/c8-3-1-2-7-6-9-4-5-10-7/h7,9-10H,1-6,8H2/t7-/m0/s1. The monoisotopic (exact) mass is 143 g/mol. The molecule has 0 bridgehead atoms. The molecule has 4 N–H and O–H groups in total. The highest BCUT2D eigenvalue weighted by Crippen LogP contribution is 1.96. The molecule has 1 atom stereocenters. The van der Waals surface area contributed by atoms with Crippen LogP contribution in [0.3, 0.4) is 0 Å². The van der Waals surface area contributed by atoms with Gasteiger partial charge in [0.25, 0.3) is 0 Å². The molecule has 3 nitrogen and oxygen atoms in total. The predicted octanol–water partition coefficient (Wildman–Crippen LogP) is -0.713. The average molecular weight is 143 g/mol. The average Bonchev–Trinajstić information content (AvgIpc) is 2.03. The first-order valence-electron chi connectivity index (χ1n) is 4.07. The van der Waals surface area contributed by atoms with Crippen LogP contribution in [0.5, 0.6) is 0 Å². The third-order valence-electron chi connectivity index (χ3n) is 1.88. The summed E-state index contributed by atoms with van der Waals surface area (Å²) >= 11 is 0. The van der Waals surface area contributed by atoms with Crippen LogP contribution in [-0.2, 0) is 0 Å². The van der Waals surface area contributed by atoms with E-state index in [2.05, 4.69) is 10.6 Å². The summed E-state index contributed by atoms with van der Waals surface area (Å²) in [6.07, 6.45) is 2.35. The Hall–Kier alpha value is -0.120. The van der Waals surface area contributed by atoms with Gasteiger partial charge in [0.1, 0.15) is 0 Å². The van der Waals surface area contributed by atoms with Gasteiger partial charge in [0, 0.05) is 25.7 Å². The smallest absolute Gasteiger partial charge is 0.0193 e. The van der Waals surface area contributed by atoms with Crippen LogP contribution in [-0.4, -0.2) is 32.2 Å². The Labute approximate surface area is 62.4 Å². The lowest BCUT2D eigenvalue weighted by Crippen LogP contribution is -2.48. The lowest BCUT2D eigenvalue weighted by molar-refractivity contribution is 0.394. The molecule has 0 aliphatic carbocycles. The zero-order chi connectivity index (χ0) is 7.23. The van der Waals surface area contributed by atoms with Crippen LogP contribution in [0.25, 0.3) is 0 Å². The van der Waals surface area contributed by atoms with Crippen molar-refractivity contribution in [1.29, 1.82) is 0 Å². The van der Waals surface area contributed by atoms with Gasteiger partial charge < -0.3 is 16.4 Å². The Kier molecular flexibility index (Phi) is 3.72. The molecule has 1 aliphatic heterocycles. The van der Waals surface area contributed by atoms with E-state index in [1.54, 1.807) is 0 Å². The molecular weight excluding hydrogens is 126 g/mol. The molecule has 0 radical (unpaired) electrons. The fourth-order valence-electron chi connectivity index (χ4n) is 1.28. The molecule has 1 saturated heterocycles. The van der Waals surface area contributed by atoms with Gasteiger partial charge >= 0.3 is 0 Å². The van der Waals surface area contributed by atoms with Crippen LogP contribution in [0, 0.1) is 0 Å². The van der Waals surface area contributed by atoms with Gasteiger partial charge in [-0.2, -0.15) is 0 Å². The van der Waals surface area contributed by atoms with Gasteiger partial charge in [-0.3, -0.25) is 0 Å². The van der Waals surface area contributed by atoms with Crippen molar-refractivity contribution in [3.63, 3.8) is 0 Å². The van der Waals surface area contributed by atoms with Gasteiger partial charge in [-0.05, 0) is 19.4 Å². The number of piperazine rings is 1. The lowest BCUT2D eigenvalue weighted by atomic mass is 10.1. The van der Waals surface area contributed by atoms with Crippen LogP contribution >= 0.6 is 0 Å². The van der Waals surface area contributed by atoms with Crippen LogP contribution in [0.15, 0.2) is 0 Å². The third-order valence-corrected chi connectivity index (χ3v) is 1.88. The van der Waals surface area contributed by atoms with Gasteiger partial charge in [-0.1, -0.05) is 0 Å². The molecule has 0 aromatic carbocycles. The first-order valence-corrected chi connectivity index (χ1v) is 4.07. The molecule has 60 valence electrons. The Morgan fingerprint density at radius 2 is 2.30 bits per heavy atom. The third kappa shape index (κ3) is 2.64. The van der Waals surface area contributed by atoms with Crippen molar-refractivity contribution >= 4 is 0 Å². The van der Waals surface area contributed by atoms with Crippen molar-refractivity contribution in [2.75, 3.05) is 26.2 Å². The Bertz CT molecular complexity index is 78.9. The van der Waals surface area contributed by atoms with Crippen molar-refractivity contribution in [1.82, 2.24) is 10.6 Å².